The predicted octanol–water partition coefficient (Wildman–Crippen LogP) is 0.663. The van der Waals surface area contributed by atoms with Gasteiger partial charge in [-0.25, -0.2) is 0 Å². The molecule has 110 valence electrons. The van der Waals surface area contributed by atoms with Crippen LogP contribution in [0.15, 0.2) is 0 Å². The minimum atomic E-state index is -0.853. The maximum absolute atomic E-state index is 12.5. The summed E-state index contributed by atoms with van der Waals surface area (Å²) >= 11 is 1.21. The van der Waals surface area contributed by atoms with Gasteiger partial charge in [0.2, 0.25) is 16.0 Å². The molecule has 2 amide bonds. The van der Waals surface area contributed by atoms with Crippen molar-refractivity contribution in [1.29, 1.82) is 0 Å². The number of amides is 2. The molecule has 1 aromatic rings. The van der Waals surface area contributed by atoms with Gasteiger partial charge in [0.1, 0.15) is 5.54 Å². The van der Waals surface area contributed by atoms with Gasteiger partial charge in [0.25, 0.3) is 5.91 Å². The molecule has 7 nitrogen and oxygen atoms in total. The maximum atomic E-state index is 12.5. The summed E-state index contributed by atoms with van der Waals surface area (Å²) in [4.78, 5) is 27.9. The fourth-order valence-electron chi connectivity index (χ4n) is 2.22. The first-order valence-corrected chi connectivity index (χ1v) is 7.34. The Bertz CT molecular complexity index is 528. The molecule has 0 saturated carbocycles. The molecule has 0 aromatic carbocycles. The summed E-state index contributed by atoms with van der Waals surface area (Å²) in [5.41, 5.74) is -0.853. The van der Waals surface area contributed by atoms with Gasteiger partial charge in [0, 0.05) is 26.7 Å². The van der Waals surface area contributed by atoms with Gasteiger partial charge in [0.05, 0.1) is 0 Å². The van der Waals surface area contributed by atoms with Crippen molar-refractivity contribution in [1.82, 2.24) is 20.0 Å². The molecule has 1 N–H and O–H groups in total. The summed E-state index contributed by atoms with van der Waals surface area (Å²) in [6.07, 6.45) is 0. The van der Waals surface area contributed by atoms with Gasteiger partial charge >= 0.3 is 0 Å². The lowest BCUT2D eigenvalue weighted by molar-refractivity contribution is -0.144. The Labute approximate surface area is 122 Å². The lowest BCUT2D eigenvalue weighted by Crippen LogP contribution is -2.63. The van der Waals surface area contributed by atoms with Gasteiger partial charge < -0.3 is 15.1 Å². The third kappa shape index (κ3) is 2.47. The number of carbonyl (C=O) groups is 2. The van der Waals surface area contributed by atoms with Crippen LogP contribution in [0, 0.1) is 0 Å². The van der Waals surface area contributed by atoms with E-state index >= 15 is 0 Å². The van der Waals surface area contributed by atoms with E-state index in [4.69, 9.17) is 0 Å². The van der Waals surface area contributed by atoms with Crippen LogP contribution in [0.4, 0.5) is 5.13 Å². The fourth-order valence-corrected chi connectivity index (χ4v) is 2.98. The summed E-state index contributed by atoms with van der Waals surface area (Å²) in [5, 5.41) is 11.8. The molecule has 0 unspecified atom stereocenters. The molecular formula is C12H19N5O2S. The fraction of sp³-hybridized carbons (Fsp3) is 0.667. The lowest BCUT2D eigenvalue weighted by atomic mass is 9.98. The Morgan fingerprint density at radius 2 is 2.10 bits per heavy atom. The number of hydrogen-bond donors (Lipinski definition) is 1. The first kappa shape index (κ1) is 14.7. The number of rotatable bonds is 3. The largest absolute Gasteiger partial charge is 0.360 e. The molecule has 8 heteroatoms. The predicted molar refractivity (Wildman–Crippen MR) is 76.8 cm³/mol. The Kier molecular flexibility index (Phi) is 3.94. The third-order valence-corrected chi connectivity index (χ3v) is 4.25. The summed E-state index contributed by atoms with van der Waals surface area (Å²) < 4.78 is 0. The number of likely N-dealkylation sites (N-methyl/N-ethyl adjacent to an activating group) is 1. The highest BCUT2D eigenvalue weighted by Gasteiger charge is 2.44. The van der Waals surface area contributed by atoms with E-state index in [1.54, 1.807) is 30.7 Å². The summed E-state index contributed by atoms with van der Waals surface area (Å²) in [6.45, 7) is 7.23. The van der Waals surface area contributed by atoms with E-state index in [9.17, 15) is 9.59 Å². The average Bonchev–Trinajstić information content (AvgIpc) is 2.85. The van der Waals surface area contributed by atoms with E-state index in [0.717, 1.165) is 6.54 Å². The molecule has 2 rings (SSSR count). The van der Waals surface area contributed by atoms with E-state index in [1.807, 2.05) is 6.92 Å². The van der Waals surface area contributed by atoms with Crippen molar-refractivity contribution in [2.45, 2.75) is 26.3 Å². The van der Waals surface area contributed by atoms with Crippen molar-refractivity contribution >= 4 is 28.3 Å². The Balaban J connectivity index is 2.21. The maximum Gasteiger partial charge on any atom is 0.285 e. The number of piperazine rings is 1. The van der Waals surface area contributed by atoms with Crippen LogP contribution in [0.3, 0.4) is 0 Å². The van der Waals surface area contributed by atoms with Gasteiger partial charge in [-0.3, -0.25) is 9.59 Å². The molecule has 1 fully saturated rings. The number of nitrogens with zero attached hydrogens (tertiary/aromatic N) is 4. The molecule has 0 atom stereocenters. The van der Waals surface area contributed by atoms with Crippen LogP contribution in [0.1, 0.15) is 30.6 Å². The van der Waals surface area contributed by atoms with E-state index < -0.39 is 5.54 Å². The Morgan fingerprint density at radius 1 is 1.40 bits per heavy atom. The van der Waals surface area contributed by atoms with Crippen LogP contribution in [-0.2, 0) is 4.79 Å². The monoisotopic (exact) mass is 297 g/mol. The highest BCUT2D eigenvalue weighted by Crippen LogP contribution is 2.25. The zero-order chi connectivity index (χ0) is 14.9. The van der Waals surface area contributed by atoms with Crippen LogP contribution in [0.2, 0.25) is 0 Å². The third-order valence-electron chi connectivity index (χ3n) is 3.38. The standard InChI is InChI=1S/C12H19N5O2S/c1-5-13-11-15-14-8(20-11)9(18)17-7-6-16(4)10(19)12(17,2)3/h5-7H2,1-4H3,(H,13,15). The molecule has 0 spiro atoms. The van der Waals surface area contributed by atoms with Gasteiger partial charge in [-0.1, -0.05) is 11.3 Å². The first-order chi connectivity index (χ1) is 9.37. The molecule has 0 aliphatic carbocycles. The molecule has 0 radical (unpaired) electrons. The molecule has 1 aliphatic rings. The molecule has 0 bridgehead atoms. The Hall–Kier alpha value is -1.70. The van der Waals surface area contributed by atoms with Crippen LogP contribution >= 0.6 is 11.3 Å². The number of carbonyl (C=O) groups excluding carboxylic acids is 2. The molecule has 20 heavy (non-hydrogen) atoms. The van der Waals surface area contributed by atoms with Crippen LogP contribution in [0.25, 0.3) is 0 Å². The van der Waals surface area contributed by atoms with E-state index in [-0.39, 0.29) is 11.8 Å². The van der Waals surface area contributed by atoms with Crippen molar-refractivity contribution in [3.8, 4) is 0 Å². The second kappa shape index (κ2) is 5.35. The normalized spacial score (nSPS) is 18.3. The highest BCUT2D eigenvalue weighted by atomic mass is 32.1. The zero-order valence-corrected chi connectivity index (χ0v) is 13.0. The van der Waals surface area contributed by atoms with Crippen molar-refractivity contribution in [2.24, 2.45) is 0 Å². The highest BCUT2D eigenvalue weighted by molar-refractivity contribution is 7.17. The second-order valence-corrected chi connectivity index (χ2v) is 6.16. The van der Waals surface area contributed by atoms with Crippen molar-refractivity contribution in [3.63, 3.8) is 0 Å². The summed E-state index contributed by atoms with van der Waals surface area (Å²) in [5.74, 6) is -0.299. The van der Waals surface area contributed by atoms with Gasteiger partial charge in [-0.15, -0.1) is 10.2 Å². The Morgan fingerprint density at radius 3 is 2.75 bits per heavy atom. The number of hydrogen-bond acceptors (Lipinski definition) is 6. The molecule has 1 aliphatic heterocycles. The zero-order valence-electron chi connectivity index (χ0n) is 12.1. The van der Waals surface area contributed by atoms with E-state index in [0.29, 0.717) is 23.2 Å². The van der Waals surface area contributed by atoms with Crippen molar-refractivity contribution in [2.75, 3.05) is 32.0 Å². The van der Waals surface area contributed by atoms with Gasteiger partial charge in [0.15, 0.2) is 0 Å². The van der Waals surface area contributed by atoms with E-state index in [2.05, 4.69) is 15.5 Å². The second-order valence-electron chi connectivity index (χ2n) is 5.19. The lowest BCUT2D eigenvalue weighted by Gasteiger charge is -2.44. The topological polar surface area (TPSA) is 78.4 Å². The number of nitrogens with one attached hydrogen (secondary N) is 1. The van der Waals surface area contributed by atoms with Gasteiger partial charge in [-0.05, 0) is 20.8 Å². The van der Waals surface area contributed by atoms with Gasteiger partial charge in [-0.2, -0.15) is 0 Å². The number of aromatic nitrogens is 2. The first-order valence-electron chi connectivity index (χ1n) is 6.52. The summed E-state index contributed by atoms with van der Waals surface area (Å²) in [7, 11) is 1.75. The minimum absolute atomic E-state index is 0.0616. The van der Waals surface area contributed by atoms with Crippen LogP contribution in [0.5, 0.6) is 0 Å². The smallest absolute Gasteiger partial charge is 0.285 e. The van der Waals surface area contributed by atoms with E-state index in [1.165, 1.54) is 11.3 Å². The van der Waals surface area contributed by atoms with Crippen LogP contribution in [-0.4, -0.2) is 64.0 Å². The molecule has 1 aromatic heterocycles. The molecule has 2 heterocycles. The SMILES string of the molecule is CCNc1nnc(C(=O)N2CCN(C)C(=O)C2(C)C)s1. The van der Waals surface area contributed by atoms with Crippen molar-refractivity contribution < 1.29 is 9.59 Å². The molecule has 1 saturated heterocycles. The minimum Gasteiger partial charge on any atom is -0.360 e. The quantitative estimate of drug-likeness (QED) is 0.887. The number of anilines is 1. The van der Waals surface area contributed by atoms with Crippen LogP contribution < -0.4 is 5.32 Å². The summed E-state index contributed by atoms with van der Waals surface area (Å²) in [6, 6.07) is 0. The molecular weight excluding hydrogens is 278 g/mol. The average molecular weight is 297 g/mol. The van der Waals surface area contributed by atoms with Crippen molar-refractivity contribution in [3.05, 3.63) is 5.01 Å².